The predicted octanol–water partition coefficient (Wildman–Crippen LogP) is 4.01. The molecule has 0 atom stereocenters. The van der Waals surface area contributed by atoms with Crippen LogP contribution in [0.1, 0.15) is 33.7 Å². The summed E-state index contributed by atoms with van der Waals surface area (Å²) >= 11 is 0. The van der Waals surface area contributed by atoms with Gasteiger partial charge >= 0.3 is 0 Å². The number of para-hydroxylation sites is 1. The number of rotatable bonds is 3. The zero-order valence-corrected chi connectivity index (χ0v) is 14.4. The van der Waals surface area contributed by atoms with Gasteiger partial charge in [-0.15, -0.1) is 0 Å². The first-order chi connectivity index (χ1) is 12.3. The van der Waals surface area contributed by atoms with Crippen molar-refractivity contribution in [2.45, 2.75) is 19.8 Å². The van der Waals surface area contributed by atoms with Crippen LogP contribution in [0.4, 0.5) is 0 Å². The van der Waals surface area contributed by atoms with Crippen molar-refractivity contribution < 1.29 is 25.5 Å². The molecule has 5 N–H and O–H groups in total. The summed E-state index contributed by atoms with van der Waals surface area (Å²) in [6, 6.07) is 12.7. The van der Waals surface area contributed by atoms with Crippen LogP contribution in [0.3, 0.4) is 0 Å². The van der Waals surface area contributed by atoms with E-state index in [1.165, 1.54) is 18.2 Å². The average Bonchev–Trinajstić information content (AvgIpc) is 2.58. The van der Waals surface area contributed by atoms with Crippen molar-refractivity contribution in [1.82, 2.24) is 0 Å². The van der Waals surface area contributed by atoms with Gasteiger partial charge in [0, 0.05) is 22.6 Å². The monoisotopic (exact) mass is 352 g/mol. The van der Waals surface area contributed by atoms with E-state index in [1.54, 1.807) is 44.2 Å². The minimum absolute atomic E-state index is 0.0294. The molecule has 3 rings (SSSR count). The molecule has 0 amide bonds. The summed E-state index contributed by atoms with van der Waals surface area (Å²) in [6.45, 7) is 3.52. The molecule has 3 aromatic rings. The van der Waals surface area contributed by atoms with Crippen LogP contribution in [0.5, 0.6) is 28.7 Å². The summed E-state index contributed by atoms with van der Waals surface area (Å²) in [5.74, 6) is -2.10. The molecule has 3 aromatic carbocycles. The highest BCUT2D eigenvalue weighted by Crippen LogP contribution is 2.48. The van der Waals surface area contributed by atoms with Crippen molar-refractivity contribution in [2.75, 3.05) is 0 Å². The van der Waals surface area contributed by atoms with Crippen LogP contribution >= 0.6 is 0 Å². The summed E-state index contributed by atoms with van der Waals surface area (Å²) in [5.41, 5.74) is 2.45. The summed E-state index contributed by atoms with van der Waals surface area (Å²) in [4.78, 5) is 0. The van der Waals surface area contributed by atoms with Crippen molar-refractivity contribution in [2.24, 2.45) is 0 Å². The predicted molar refractivity (Wildman–Crippen MR) is 98.1 cm³/mol. The third kappa shape index (κ3) is 2.99. The topological polar surface area (TPSA) is 101 Å². The maximum atomic E-state index is 10.5. The lowest BCUT2D eigenvalue weighted by Crippen LogP contribution is -2.06. The lowest BCUT2D eigenvalue weighted by atomic mass is 9.82. The van der Waals surface area contributed by atoms with Crippen LogP contribution in [0.15, 0.2) is 48.5 Å². The van der Waals surface area contributed by atoms with Gasteiger partial charge in [-0.1, -0.05) is 30.3 Å². The molecule has 0 fully saturated rings. The third-order valence-corrected chi connectivity index (χ3v) is 4.40. The lowest BCUT2D eigenvalue weighted by molar-refractivity contribution is 0.391. The Labute approximate surface area is 151 Å². The van der Waals surface area contributed by atoms with Crippen molar-refractivity contribution >= 4 is 0 Å². The van der Waals surface area contributed by atoms with Gasteiger partial charge in [-0.2, -0.15) is 0 Å². The fourth-order valence-electron chi connectivity index (χ4n) is 3.25. The average molecular weight is 352 g/mol. The van der Waals surface area contributed by atoms with Crippen LogP contribution < -0.4 is 0 Å². The van der Waals surface area contributed by atoms with E-state index < -0.39 is 5.92 Å². The van der Waals surface area contributed by atoms with E-state index in [2.05, 4.69) is 0 Å². The summed E-state index contributed by atoms with van der Waals surface area (Å²) in [6.07, 6.45) is 0. The normalized spacial score (nSPS) is 11.0. The molecule has 0 saturated heterocycles. The van der Waals surface area contributed by atoms with Crippen molar-refractivity contribution in [3.8, 4) is 28.7 Å². The number of hydrogen-bond donors (Lipinski definition) is 5. The number of aryl methyl sites for hydroxylation is 2. The largest absolute Gasteiger partial charge is 0.508 e. The van der Waals surface area contributed by atoms with Gasteiger partial charge in [0.2, 0.25) is 0 Å². The van der Waals surface area contributed by atoms with Gasteiger partial charge in [0.25, 0.3) is 0 Å². The molecule has 0 heterocycles. The van der Waals surface area contributed by atoms with E-state index in [-0.39, 0.29) is 28.7 Å². The first-order valence-electron chi connectivity index (χ1n) is 8.12. The Bertz CT molecular complexity index is 921. The lowest BCUT2D eigenvalue weighted by Gasteiger charge is -2.23. The molecule has 0 saturated carbocycles. The second kappa shape index (κ2) is 6.52. The molecular formula is C21H20O5. The molecule has 0 aliphatic heterocycles. The van der Waals surface area contributed by atoms with E-state index >= 15 is 0 Å². The second-order valence-corrected chi connectivity index (χ2v) is 6.44. The Balaban J connectivity index is 2.38. The van der Waals surface area contributed by atoms with E-state index in [1.807, 2.05) is 0 Å². The molecule has 5 heteroatoms. The number of aromatic hydroxyl groups is 5. The molecule has 5 nitrogen and oxygen atoms in total. The van der Waals surface area contributed by atoms with Crippen LogP contribution in [-0.2, 0) is 0 Å². The summed E-state index contributed by atoms with van der Waals surface area (Å²) in [5, 5.41) is 51.4. The van der Waals surface area contributed by atoms with Crippen molar-refractivity contribution in [3.63, 3.8) is 0 Å². The fraction of sp³-hybridized carbons (Fsp3) is 0.143. The standard InChI is InChI=1S/C21H20O5/c1-11-7-14(20(25)17(23)9-11)19(13-5-3-4-6-16(13)22)15-8-12(2)10-18(24)21(15)26/h3-10,19,22-26H,1-2H3. The Morgan fingerprint density at radius 1 is 0.577 bits per heavy atom. The van der Waals surface area contributed by atoms with E-state index in [4.69, 9.17) is 0 Å². The molecule has 0 aromatic heterocycles. The smallest absolute Gasteiger partial charge is 0.161 e. The minimum atomic E-state index is -0.798. The molecular weight excluding hydrogens is 332 g/mol. The van der Waals surface area contributed by atoms with Gasteiger partial charge in [0.05, 0.1) is 0 Å². The van der Waals surface area contributed by atoms with E-state index in [9.17, 15) is 25.5 Å². The van der Waals surface area contributed by atoms with Crippen LogP contribution in [0.25, 0.3) is 0 Å². The van der Waals surface area contributed by atoms with Gasteiger partial charge in [-0.25, -0.2) is 0 Å². The number of phenols is 5. The van der Waals surface area contributed by atoms with Gasteiger partial charge in [0.1, 0.15) is 5.75 Å². The molecule has 0 spiro atoms. The second-order valence-electron chi connectivity index (χ2n) is 6.44. The van der Waals surface area contributed by atoms with Crippen LogP contribution in [-0.4, -0.2) is 25.5 Å². The summed E-state index contributed by atoms with van der Waals surface area (Å²) in [7, 11) is 0. The first-order valence-corrected chi connectivity index (χ1v) is 8.12. The quantitative estimate of drug-likeness (QED) is 0.362. The molecule has 0 aliphatic carbocycles. The highest BCUT2D eigenvalue weighted by atomic mass is 16.3. The van der Waals surface area contributed by atoms with Gasteiger partial charge < -0.3 is 25.5 Å². The van der Waals surface area contributed by atoms with Crippen LogP contribution in [0, 0.1) is 13.8 Å². The molecule has 0 radical (unpaired) electrons. The van der Waals surface area contributed by atoms with E-state index in [0.717, 1.165) is 0 Å². The highest BCUT2D eigenvalue weighted by Gasteiger charge is 2.28. The molecule has 134 valence electrons. The Morgan fingerprint density at radius 2 is 1.04 bits per heavy atom. The maximum Gasteiger partial charge on any atom is 0.161 e. The van der Waals surface area contributed by atoms with Crippen LogP contribution in [0.2, 0.25) is 0 Å². The van der Waals surface area contributed by atoms with Crippen molar-refractivity contribution in [1.29, 1.82) is 0 Å². The van der Waals surface area contributed by atoms with Gasteiger partial charge in [-0.05, 0) is 43.2 Å². The molecule has 0 aliphatic rings. The van der Waals surface area contributed by atoms with Gasteiger partial charge in [-0.3, -0.25) is 0 Å². The molecule has 26 heavy (non-hydrogen) atoms. The number of phenolic OH excluding ortho intramolecular Hbond substituents is 5. The SMILES string of the molecule is Cc1cc(O)c(O)c(C(c2ccccc2O)c2cc(C)cc(O)c2O)c1. The molecule has 0 bridgehead atoms. The first kappa shape index (κ1) is 17.5. The Kier molecular flexibility index (Phi) is 4.38. The third-order valence-electron chi connectivity index (χ3n) is 4.40. The zero-order chi connectivity index (χ0) is 19.0. The number of benzene rings is 3. The Morgan fingerprint density at radius 3 is 1.50 bits per heavy atom. The number of hydrogen-bond acceptors (Lipinski definition) is 5. The zero-order valence-electron chi connectivity index (χ0n) is 14.4. The minimum Gasteiger partial charge on any atom is -0.508 e. The fourth-order valence-corrected chi connectivity index (χ4v) is 3.25. The summed E-state index contributed by atoms with van der Waals surface area (Å²) < 4.78 is 0. The molecule has 0 unspecified atom stereocenters. The van der Waals surface area contributed by atoms with E-state index in [0.29, 0.717) is 27.8 Å². The highest BCUT2D eigenvalue weighted by molar-refractivity contribution is 5.61. The Hall–Kier alpha value is -3.34. The van der Waals surface area contributed by atoms with Crippen molar-refractivity contribution in [3.05, 3.63) is 76.3 Å². The maximum absolute atomic E-state index is 10.5. The van der Waals surface area contributed by atoms with Gasteiger partial charge in [0.15, 0.2) is 23.0 Å².